The Bertz CT molecular complexity index is 2080. The minimum atomic E-state index is -4.57. The Morgan fingerprint density at radius 2 is 1.73 bits per heavy atom. The Hall–Kier alpha value is -4.46. The summed E-state index contributed by atoms with van der Waals surface area (Å²) in [5.41, 5.74) is 4.49. The molecule has 0 unspecified atom stereocenters. The van der Waals surface area contributed by atoms with Crippen LogP contribution in [0.2, 0.25) is 0 Å². The number of aromatic nitrogens is 4. The molecule has 2 aromatic carbocycles. The summed E-state index contributed by atoms with van der Waals surface area (Å²) < 4.78 is 61.6. The second kappa shape index (κ2) is 11.3. The van der Waals surface area contributed by atoms with Gasteiger partial charge in [0.25, 0.3) is 5.91 Å². The molecule has 268 valence electrons. The number of likely N-dealkylation sites (tertiary alicyclic amines) is 2. The molecule has 9 rings (SSSR count). The Morgan fingerprint density at radius 3 is 2.37 bits per heavy atom. The van der Waals surface area contributed by atoms with E-state index in [-0.39, 0.29) is 22.5 Å². The van der Waals surface area contributed by atoms with E-state index < -0.39 is 24.5 Å². The highest BCUT2D eigenvalue weighted by Gasteiger charge is 2.52. The lowest BCUT2D eigenvalue weighted by Crippen LogP contribution is -2.71. The van der Waals surface area contributed by atoms with Crippen LogP contribution in [0, 0.1) is 17.8 Å². The second-order valence-corrected chi connectivity index (χ2v) is 15.8. The van der Waals surface area contributed by atoms with Crippen LogP contribution in [0.4, 0.5) is 29.3 Å². The van der Waals surface area contributed by atoms with Crippen LogP contribution in [0.5, 0.6) is 5.75 Å². The number of aromatic amines is 1. The maximum Gasteiger partial charge on any atom is 0.422 e. The number of benzene rings is 2. The quantitative estimate of drug-likeness (QED) is 0.186. The van der Waals surface area contributed by atoms with Gasteiger partial charge in [0.15, 0.2) is 18.2 Å². The van der Waals surface area contributed by atoms with Crippen molar-refractivity contribution in [2.24, 2.45) is 10.8 Å². The molecule has 2 spiro atoms. The number of carbonyl (C=O) groups is 1. The summed E-state index contributed by atoms with van der Waals surface area (Å²) >= 11 is 0. The van der Waals surface area contributed by atoms with E-state index in [1.54, 1.807) is 6.20 Å². The summed E-state index contributed by atoms with van der Waals surface area (Å²) in [6.45, 7) is 9.40. The van der Waals surface area contributed by atoms with E-state index in [0.717, 1.165) is 79.5 Å². The lowest BCUT2D eigenvalue weighted by atomic mass is 9.72. The summed E-state index contributed by atoms with van der Waals surface area (Å²) in [5, 5.41) is 8.78. The van der Waals surface area contributed by atoms with E-state index in [4.69, 9.17) is 14.7 Å². The number of nitrogens with zero attached hydrogens (tertiary/aromatic N) is 7. The van der Waals surface area contributed by atoms with Crippen LogP contribution < -0.4 is 14.5 Å². The molecular formula is C37H40F4N8O2. The van der Waals surface area contributed by atoms with Crippen LogP contribution in [0.3, 0.4) is 0 Å². The Kier molecular flexibility index (Phi) is 7.17. The number of nitrogens with one attached hydrogen (secondary N) is 1. The van der Waals surface area contributed by atoms with E-state index in [1.807, 2.05) is 19.1 Å². The average molecular weight is 705 g/mol. The topological polar surface area (TPSA) is 93.7 Å². The van der Waals surface area contributed by atoms with Gasteiger partial charge in [-0.2, -0.15) is 23.3 Å². The van der Waals surface area contributed by atoms with Crippen LogP contribution in [0.1, 0.15) is 42.7 Å². The summed E-state index contributed by atoms with van der Waals surface area (Å²) in [7, 11) is 2.10. The molecule has 1 N–H and O–H groups in total. The molecule has 0 radical (unpaired) electrons. The van der Waals surface area contributed by atoms with Crippen LogP contribution in [0.25, 0.3) is 32.9 Å². The SMILES string of the molecule is C=C(F)C(=O)N1CC2(CCN(c3nc(N4CC5(CN(C)C5)C4)nc4c(OCC(F)(F)F)c(-c5c(C)ccc6[nH]ncc56)c(C5CC5)cc34)CC2)C1. The lowest BCUT2D eigenvalue weighted by Gasteiger charge is -2.59. The van der Waals surface area contributed by atoms with Gasteiger partial charge < -0.3 is 24.3 Å². The van der Waals surface area contributed by atoms with Gasteiger partial charge >= 0.3 is 6.18 Å². The third-order valence-corrected chi connectivity index (χ3v) is 11.7. The zero-order valence-electron chi connectivity index (χ0n) is 28.7. The number of anilines is 2. The van der Waals surface area contributed by atoms with Gasteiger partial charge in [0.1, 0.15) is 11.3 Å². The maximum atomic E-state index is 14.0. The molecule has 0 bridgehead atoms. The maximum absolute atomic E-state index is 14.0. The second-order valence-electron chi connectivity index (χ2n) is 15.8. The van der Waals surface area contributed by atoms with Gasteiger partial charge in [-0.15, -0.1) is 0 Å². The standard InChI is InChI=1S/C37H40F4N8O2/c1-21-4-7-27-26(13-42-45-27)28(21)29-24(23-5-6-23)12-25-30(31(29)51-20-37(39,40)41)43-34(49-18-36(19-49)14-46(3)15-36)44-32(25)47-10-8-35(9-11-47)16-48(17-35)33(50)22(2)38/h4,7,12-13,23H,2,5-6,8-11,14-20H2,1,3H3,(H,42,45). The zero-order valence-corrected chi connectivity index (χ0v) is 28.7. The van der Waals surface area contributed by atoms with Crippen LogP contribution >= 0.6 is 0 Å². The Morgan fingerprint density at radius 1 is 1.00 bits per heavy atom. The van der Waals surface area contributed by atoms with Crippen molar-refractivity contribution in [3.05, 3.63) is 47.9 Å². The molecule has 5 fully saturated rings. The van der Waals surface area contributed by atoms with E-state index in [9.17, 15) is 22.4 Å². The smallest absolute Gasteiger partial charge is 0.422 e. The van der Waals surface area contributed by atoms with Crippen LogP contribution in [-0.4, -0.2) is 108 Å². The van der Waals surface area contributed by atoms with E-state index >= 15 is 0 Å². The van der Waals surface area contributed by atoms with Gasteiger partial charge in [-0.25, -0.2) is 9.37 Å². The van der Waals surface area contributed by atoms with Crippen molar-refractivity contribution in [2.75, 3.05) is 75.8 Å². The highest BCUT2D eigenvalue weighted by molar-refractivity contribution is 6.06. The fraction of sp³-hybridized carbons (Fsp3) is 0.514. The minimum Gasteiger partial charge on any atom is -0.481 e. The number of ether oxygens (including phenoxy) is 1. The molecule has 1 amide bonds. The number of H-pyrrole nitrogens is 1. The number of halogens is 4. The van der Waals surface area contributed by atoms with E-state index in [2.05, 4.69) is 44.6 Å². The van der Waals surface area contributed by atoms with Gasteiger partial charge in [-0.1, -0.05) is 12.6 Å². The highest BCUT2D eigenvalue weighted by Crippen LogP contribution is 2.54. The molecule has 10 nitrogen and oxygen atoms in total. The molecule has 5 aliphatic rings. The number of hydrogen-bond acceptors (Lipinski definition) is 8. The highest BCUT2D eigenvalue weighted by atomic mass is 19.4. The molecule has 2 aromatic heterocycles. The van der Waals surface area contributed by atoms with Crippen molar-refractivity contribution in [1.82, 2.24) is 30.0 Å². The summed E-state index contributed by atoms with van der Waals surface area (Å²) in [4.78, 5) is 30.6. The van der Waals surface area contributed by atoms with Gasteiger partial charge in [0.2, 0.25) is 5.95 Å². The number of aryl methyl sites for hydroxylation is 1. The molecule has 4 saturated heterocycles. The first-order valence-corrected chi connectivity index (χ1v) is 17.6. The van der Waals surface area contributed by atoms with Crippen LogP contribution in [-0.2, 0) is 4.79 Å². The fourth-order valence-electron chi connectivity index (χ4n) is 9.13. The zero-order chi connectivity index (χ0) is 35.4. The molecular weight excluding hydrogens is 664 g/mol. The monoisotopic (exact) mass is 704 g/mol. The number of alkyl halides is 3. The minimum absolute atomic E-state index is 0.110. The lowest BCUT2D eigenvalue weighted by molar-refractivity contribution is -0.153. The molecule has 4 aliphatic heterocycles. The summed E-state index contributed by atoms with van der Waals surface area (Å²) in [6.07, 6.45) is 0.527. The Labute approximate surface area is 292 Å². The van der Waals surface area contributed by atoms with Gasteiger partial charge in [0.05, 0.1) is 11.7 Å². The van der Waals surface area contributed by atoms with E-state index in [1.165, 1.54) is 4.90 Å². The molecule has 4 aromatic rings. The first-order chi connectivity index (χ1) is 24.3. The average Bonchev–Trinajstić information content (AvgIpc) is 3.78. The normalized spacial score (nSPS) is 21.3. The van der Waals surface area contributed by atoms with Crippen molar-refractivity contribution >= 4 is 39.5 Å². The molecule has 0 atom stereocenters. The van der Waals surface area contributed by atoms with Crippen LogP contribution in [0.15, 0.2) is 36.8 Å². The van der Waals surface area contributed by atoms with Crippen molar-refractivity contribution in [1.29, 1.82) is 0 Å². The first kappa shape index (κ1) is 32.4. The number of rotatable bonds is 7. The number of carbonyl (C=O) groups excluding carboxylic acids is 1. The van der Waals surface area contributed by atoms with Gasteiger partial charge in [-0.3, -0.25) is 9.89 Å². The largest absolute Gasteiger partial charge is 0.481 e. The van der Waals surface area contributed by atoms with E-state index in [0.29, 0.717) is 54.4 Å². The van der Waals surface area contributed by atoms with Crippen molar-refractivity contribution in [3.8, 4) is 16.9 Å². The van der Waals surface area contributed by atoms with Crippen molar-refractivity contribution < 1.29 is 27.1 Å². The predicted molar refractivity (Wildman–Crippen MR) is 186 cm³/mol. The van der Waals surface area contributed by atoms with Crippen molar-refractivity contribution in [2.45, 2.75) is 44.7 Å². The molecule has 1 aliphatic carbocycles. The summed E-state index contributed by atoms with van der Waals surface area (Å²) in [6, 6.07) is 5.98. The Balaban J connectivity index is 1.19. The number of hydrogen-bond donors (Lipinski definition) is 1. The number of piperidine rings is 1. The van der Waals surface area contributed by atoms with Gasteiger partial charge in [-0.05, 0) is 74.4 Å². The third kappa shape index (κ3) is 5.48. The molecule has 1 saturated carbocycles. The summed E-state index contributed by atoms with van der Waals surface area (Å²) in [5.74, 6) is -0.150. The number of amides is 1. The predicted octanol–water partition coefficient (Wildman–Crippen LogP) is 5.96. The van der Waals surface area contributed by atoms with Gasteiger partial charge in [0, 0.05) is 79.5 Å². The molecule has 6 heterocycles. The number of fused-ring (bicyclic) bond motifs is 2. The third-order valence-electron chi connectivity index (χ3n) is 11.7. The van der Waals surface area contributed by atoms with Crippen molar-refractivity contribution in [3.63, 3.8) is 0 Å². The molecule has 51 heavy (non-hydrogen) atoms. The molecule has 14 heteroatoms. The first-order valence-electron chi connectivity index (χ1n) is 17.6. The fourth-order valence-corrected chi connectivity index (χ4v) is 9.13.